The summed E-state index contributed by atoms with van der Waals surface area (Å²) in [6, 6.07) is 9.52. The van der Waals surface area contributed by atoms with Crippen LogP contribution in [0.15, 0.2) is 24.3 Å². The monoisotopic (exact) mass is 258 g/mol. The number of hydrogen-bond donors (Lipinski definition) is 0. The van der Waals surface area contributed by atoms with E-state index in [1.54, 1.807) is 11.0 Å². The predicted octanol–water partition coefficient (Wildman–Crippen LogP) is 3.49. The van der Waals surface area contributed by atoms with Gasteiger partial charge in [0, 0.05) is 20.0 Å². The highest BCUT2D eigenvalue weighted by Crippen LogP contribution is 2.09. The average Bonchev–Trinajstić information content (AvgIpc) is 2.43. The Kier molecular flexibility index (Phi) is 6.67. The maximum atomic E-state index is 11.9. The van der Waals surface area contributed by atoms with Gasteiger partial charge in [0.2, 0.25) is 5.91 Å². The molecule has 102 valence electrons. The summed E-state index contributed by atoms with van der Waals surface area (Å²) in [5, 5.41) is 8.84. The fourth-order valence-electron chi connectivity index (χ4n) is 2.00. The van der Waals surface area contributed by atoms with Crippen molar-refractivity contribution in [1.82, 2.24) is 4.90 Å². The van der Waals surface area contributed by atoms with Crippen LogP contribution in [-0.2, 0) is 11.3 Å². The topological polar surface area (TPSA) is 44.1 Å². The summed E-state index contributed by atoms with van der Waals surface area (Å²) in [4.78, 5) is 13.7. The van der Waals surface area contributed by atoms with Gasteiger partial charge in [0.15, 0.2) is 0 Å². The maximum absolute atomic E-state index is 11.9. The minimum Gasteiger partial charge on any atom is -0.341 e. The Morgan fingerprint density at radius 2 is 2.11 bits per heavy atom. The van der Waals surface area contributed by atoms with E-state index < -0.39 is 0 Å². The molecule has 3 nitrogen and oxygen atoms in total. The van der Waals surface area contributed by atoms with Crippen molar-refractivity contribution in [2.45, 2.75) is 45.6 Å². The summed E-state index contributed by atoms with van der Waals surface area (Å²) in [6.45, 7) is 2.73. The summed E-state index contributed by atoms with van der Waals surface area (Å²) in [5.41, 5.74) is 1.64. The van der Waals surface area contributed by atoms with Crippen molar-refractivity contribution in [3.05, 3.63) is 35.4 Å². The number of carbonyl (C=O) groups excluding carboxylic acids is 1. The van der Waals surface area contributed by atoms with Crippen LogP contribution in [-0.4, -0.2) is 17.9 Å². The molecule has 0 heterocycles. The molecule has 0 spiro atoms. The molecule has 3 heteroatoms. The van der Waals surface area contributed by atoms with E-state index in [-0.39, 0.29) is 5.91 Å². The Labute approximate surface area is 115 Å². The number of hydrogen-bond acceptors (Lipinski definition) is 2. The number of rotatable bonds is 7. The molecule has 1 aromatic carbocycles. The van der Waals surface area contributed by atoms with E-state index in [1.165, 1.54) is 12.8 Å². The molecule has 0 unspecified atom stereocenters. The van der Waals surface area contributed by atoms with Gasteiger partial charge in [-0.05, 0) is 24.1 Å². The minimum atomic E-state index is 0.179. The van der Waals surface area contributed by atoms with Crippen molar-refractivity contribution >= 4 is 5.91 Å². The number of carbonyl (C=O) groups is 1. The molecular weight excluding hydrogens is 236 g/mol. The molecule has 0 radical (unpaired) electrons. The predicted molar refractivity (Wildman–Crippen MR) is 76.4 cm³/mol. The van der Waals surface area contributed by atoms with E-state index in [2.05, 4.69) is 13.0 Å². The van der Waals surface area contributed by atoms with Crippen LogP contribution in [0.4, 0.5) is 0 Å². The highest BCUT2D eigenvalue weighted by atomic mass is 16.2. The molecule has 0 atom stereocenters. The van der Waals surface area contributed by atoms with Crippen molar-refractivity contribution in [2.75, 3.05) is 7.05 Å². The molecule has 0 aliphatic heterocycles. The van der Waals surface area contributed by atoms with Crippen molar-refractivity contribution < 1.29 is 4.79 Å². The largest absolute Gasteiger partial charge is 0.341 e. The molecule has 19 heavy (non-hydrogen) atoms. The zero-order valence-electron chi connectivity index (χ0n) is 11.9. The normalized spacial score (nSPS) is 9.95. The quantitative estimate of drug-likeness (QED) is 0.703. The van der Waals surface area contributed by atoms with E-state index in [4.69, 9.17) is 5.26 Å². The van der Waals surface area contributed by atoms with Crippen LogP contribution in [0.1, 0.15) is 50.2 Å². The Morgan fingerprint density at radius 3 is 2.79 bits per heavy atom. The molecule has 0 fully saturated rings. The first kappa shape index (κ1) is 15.2. The van der Waals surface area contributed by atoms with Gasteiger partial charge in [-0.1, -0.05) is 38.3 Å². The summed E-state index contributed by atoms with van der Waals surface area (Å²) in [6.07, 6.45) is 5.09. The van der Waals surface area contributed by atoms with E-state index in [9.17, 15) is 4.79 Å². The lowest BCUT2D eigenvalue weighted by Crippen LogP contribution is -2.25. The van der Waals surface area contributed by atoms with E-state index in [0.29, 0.717) is 18.5 Å². The first-order valence-corrected chi connectivity index (χ1v) is 6.90. The van der Waals surface area contributed by atoms with Gasteiger partial charge < -0.3 is 4.90 Å². The van der Waals surface area contributed by atoms with Crippen LogP contribution in [0, 0.1) is 11.3 Å². The average molecular weight is 258 g/mol. The second-order valence-electron chi connectivity index (χ2n) is 4.87. The minimum absolute atomic E-state index is 0.179. The summed E-state index contributed by atoms with van der Waals surface area (Å²) in [7, 11) is 1.82. The first-order valence-electron chi connectivity index (χ1n) is 6.90. The molecular formula is C16H22N2O. The van der Waals surface area contributed by atoms with Gasteiger partial charge in [-0.15, -0.1) is 0 Å². The second-order valence-corrected chi connectivity index (χ2v) is 4.87. The number of nitriles is 1. The zero-order valence-corrected chi connectivity index (χ0v) is 11.9. The lowest BCUT2D eigenvalue weighted by molar-refractivity contribution is -0.130. The number of nitrogens with zero attached hydrogens (tertiary/aromatic N) is 2. The molecule has 0 aliphatic carbocycles. The van der Waals surface area contributed by atoms with Crippen LogP contribution in [0.25, 0.3) is 0 Å². The van der Waals surface area contributed by atoms with Crippen LogP contribution < -0.4 is 0 Å². The van der Waals surface area contributed by atoms with Gasteiger partial charge in [-0.3, -0.25) is 4.79 Å². The van der Waals surface area contributed by atoms with Crippen molar-refractivity contribution in [2.24, 2.45) is 0 Å². The van der Waals surface area contributed by atoms with Crippen LogP contribution in [0.3, 0.4) is 0 Å². The van der Waals surface area contributed by atoms with Gasteiger partial charge in [-0.25, -0.2) is 0 Å². The molecule has 0 aliphatic rings. The van der Waals surface area contributed by atoms with Crippen LogP contribution in [0.5, 0.6) is 0 Å². The van der Waals surface area contributed by atoms with E-state index in [1.807, 2.05) is 25.2 Å². The van der Waals surface area contributed by atoms with Gasteiger partial charge in [0.1, 0.15) is 0 Å². The molecule has 0 saturated carbocycles. The zero-order chi connectivity index (χ0) is 14.1. The smallest absolute Gasteiger partial charge is 0.222 e. The standard InChI is InChI=1S/C16H22N2O/c1-3-4-5-6-10-16(19)18(2)13-15-9-7-8-14(11-15)12-17/h7-9,11H,3-6,10,13H2,1-2H3. The first-order chi connectivity index (χ1) is 9.17. The van der Waals surface area contributed by atoms with Crippen LogP contribution >= 0.6 is 0 Å². The Balaban J connectivity index is 2.43. The van der Waals surface area contributed by atoms with Crippen LogP contribution in [0.2, 0.25) is 0 Å². The fraction of sp³-hybridized carbons (Fsp3) is 0.500. The number of unbranched alkanes of at least 4 members (excludes halogenated alkanes) is 3. The van der Waals surface area contributed by atoms with Gasteiger partial charge >= 0.3 is 0 Å². The molecule has 0 aromatic heterocycles. The highest BCUT2D eigenvalue weighted by Gasteiger charge is 2.09. The maximum Gasteiger partial charge on any atom is 0.222 e. The van der Waals surface area contributed by atoms with Gasteiger partial charge in [-0.2, -0.15) is 5.26 Å². The van der Waals surface area contributed by atoms with Gasteiger partial charge in [0.25, 0.3) is 0 Å². The Morgan fingerprint density at radius 1 is 1.32 bits per heavy atom. The summed E-state index contributed by atoms with van der Waals surface area (Å²) in [5.74, 6) is 0.179. The number of benzene rings is 1. The Bertz CT molecular complexity index is 448. The lowest BCUT2D eigenvalue weighted by atomic mass is 10.1. The molecule has 1 amide bonds. The summed E-state index contributed by atoms with van der Waals surface area (Å²) < 4.78 is 0. The third-order valence-corrected chi connectivity index (χ3v) is 3.15. The summed E-state index contributed by atoms with van der Waals surface area (Å²) >= 11 is 0. The molecule has 0 saturated heterocycles. The molecule has 1 aromatic rings. The SMILES string of the molecule is CCCCCCC(=O)N(C)Cc1cccc(C#N)c1. The number of amides is 1. The third-order valence-electron chi connectivity index (χ3n) is 3.15. The van der Waals surface area contributed by atoms with E-state index >= 15 is 0 Å². The Hall–Kier alpha value is -1.82. The molecule has 0 bridgehead atoms. The highest BCUT2D eigenvalue weighted by molar-refractivity contribution is 5.75. The van der Waals surface area contributed by atoms with Crippen molar-refractivity contribution in [3.63, 3.8) is 0 Å². The molecule has 0 N–H and O–H groups in total. The third kappa shape index (κ3) is 5.56. The van der Waals surface area contributed by atoms with E-state index in [0.717, 1.165) is 18.4 Å². The lowest BCUT2D eigenvalue weighted by Gasteiger charge is -2.17. The van der Waals surface area contributed by atoms with Gasteiger partial charge in [0.05, 0.1) is 11.6 Å². The van der Waals surface area contributed by atoms with Crippen molar-refractivity contribution in [1.29, 1.82) is 5.26 Å². The fourth-order valence-corrected chi connectivity index (χ4v) is 2.00. The molecule has 1 rings (SSSR count). The van der Waals surface area contributed by atoms with Crippen molar-refractivity contribution in [3.8, 4) is 6.07 Å². The second kappa shape index (κ2) is 8.31.